The van der Waals surface area contributed by atoms with Gasteiger partial charge in [-0.25, -0.2) is 0 Å². The third kappa shape index (κ3) is 2.21. The van der Waals surface area contributed by atoms with Crippen molar-refractivity contribution in [1.82, 2.24) is 0 Å². The number of benzene rings is 1. The van der Waals surface area contributed by atoms with E-state index in [1.165, 1.54) is 17.8 Å². The number of fused-ring (bicyclic) bond motifs is 1. The number of anilines is 2. The minimum atomic E-state index is 0.569. The first kappa shape index (κ1) is 11.1. The summed E-state index contributed by atoms with van der Waals surface area (Å²) < 4.78 is 0. The Morgan fingerprint density at radius 1 is 1.50 bits per heavy atom. The number of nitrogens with zero attached hydrogens (tertiary/aromatic N) is 1. The third-order valence-electron chi connectivity index (χ3n) is 3.14. The highest BCUT2D eigenvalue weighted by molar-refractivity contribution is 5.72. The summed E-state index contributed by atoms with van der Waals surface area (Å²) in [6, 6.07) is 9.12. The molecule has 0 aromatic heterocycles. The van der Waals surface area contributed by atoms with Gasteiger partial charge in [0.05, 0.1) is 11.4 Å². The van der Waals surface area contributed by atoms with Crippen molar-refractivity contribution in [2.75, 3.05) is 23.3 Å². The lowest BCUT2D eigenvalue weighted by molar-refractivity contribution is 0.624. The molecule has 1 N–H and O–H groups in total. The van der Waals surface area contributed by atoms with E-state index in [-0.39, 0.29) is 0 Å². The SMILES string of the molecule is C=CCCCN1c2ccccc2NCC1C. The molecule has 0 saturated carbocycles. The van der Waals surface area contributed by atoms with E-state index in [9.17, 15) is 0 Å². The Balaban J connectivity index is 2.13. The second kappa shape index (κ2) is 5.06. The predicted molar refractivity (Wildman–Crippen MR) is 71.2 cm³/mol. The maximum Gasteiger partial charge on any atom is 0.0605 e. The number of rotatable bonds is 4. The Labute approximate surface area is 98.0 Å². The van der Waals surface area contributed by atoms with E-state index in [1.807, 2.05) is 6.08 Å². The second-order valence-corrected chi connectivity index (χ2v) is 4.37. The van der Waals surface area contributed by atoms with Crippen molar-refractivity contribution in [1.29, 1.82) is 0 Å². The second-order valence-electron chi connectivity index (χ2n) is 4.37. The molecule has 1 heterocycles. The summed E-state index contributed by atoms with van der Waals surface area (Å²) in [6.07, 6.45) is 4.28. The quantitative estimate of drug-likeness (QED) is 0.614. The number of unbranched alkanes of at least 4 members (excludes halogenated alkanes) is 1. The molecule has 1 atom stereocenters. The van der Waals surface area contributed by atoms with E-state index in [2.05, 4.69) is 48.0 Å². The standard InChI is InChI=1S/C14H20N2/c1-3-4-7-10-16-12(2)11-15-13-8-5-6-9-14(13)16/h3,5-6,8-9,12,15H,1,4,7,10-11H2,2H3. The monoisotopic (exact) mass is 216 g/mol. The van der Waals surface area contributed by atoms with Crippen molar-refractivity contribution in [3.05, 3.63) is 36.9 Å². The van der Waals surface area contributed by atoms with Crippen LogP contribution in [0, 0.1) is 0 Å². The number of hydrogen-bond acceptors (Lipinski definition) is 2. The lowest BCUT2D eigenvalue weighted by Gasteiger charge is -2.37. The molecule has 0 amide bonds. The van der Waals surface area contributed by atoms with Crippen LogP contribution in [-0.4, -0.2) is 19.1 Å². The zero-order valence-corrected chi connectivity index (χ0v) is 9.95. The van der Waals surface area contributed by atoms with Gasteiger partial charge in [0.2, 0.25) is 0 Å². The molecule has 1 aliphatic heterocycles. The fourth-order valence-electron chi connectivity index (χ4n) is 2.23. The fraction of sp³-hybridized carbons (Fsp3) is 0.429. The van der Waals surface area contributed by atoms with Crippen LogP contribution in [0.15, 0.2) is 36.9 Å². The number of hydrogen-bond donors (Lipinski definition) is 1. The summed E-state index contributed by atoms with van der Waals surface area (Å²) in [5.74, 6) is 0. The minimum absolute atomic E-state index is 0.569. The lowest BCUT2D eigenvalue weighted by Crippen LogP contribution is -2.42. The van der Waals surface area contributed by atoms with Crippen LogP contribution < -0.4 is 10.2 Å². The molecular formula is C14H20N2. The molecule has 1 aromatic carbocycles. The van der Waals surface area contributed by atoms with Gasteiger partial charge < -0.3 is 10.2 Å². The molecule has 1 aliphatic rings. The maximum atomic E-state index is 3.78. The lowest BCUT2D eigenvalue weighted by atomic mass is 10.1. The van der Waals surface area contributed by atoms with E-state index < -0.39 is 0 Å². The summed E-state index contributed by atoms with van der Waals surface area (Å²) in [5, 5.41) is 3.47. The average Bonchev–Trinajstić information content (AvgIpc) is 2.32. The Morgan fingerprint density at radius 3 is 3.12 bits per heavy atom. The largest absolute Gasteiger partial charge is 0.381 e. The van der Waals surface area contributed by atoms with Crippen molar-refractivity contribution in [3.63, 3.8) is 0 Å². The first-order chi connectivity index (χ1) is 7.83. The highest BCUT2D eigenvalue weighted by Gasteiger charge is 2.21. The highest BCUT2D eigenvalue weighted by atomic mass is 15.2. The van der Waals surface area contributed by atoms with Crippen LogP contribution in [0.3, 0.4) is 0 Å². The van der Waals surface area contributed by atoms with Crippen molar-refractivity contribution < 1.29 is 0 Å². The van der Waals surface area contributed by atoms with Crippen LogP contribution in [0.5, 0.6) is 0 Å². The van der Waals surface area contributed by atoms with Gasteiger partial charge >= 0.3 is 0 Å². The predicted octanol–water partition coefficient (Wildman–Crippen LogP) is 3.27. The van der Waals surface area contributed by atoms with Gasteiger partial charge in [-0.1, -0.05) is 18.2 Å². The number of nitrogens with one attached hydrogen (secondary N) is 1. The molecule has 1 aromatic rings. The Kier molecular flexibility index (Phi) is 3.50. The van der Waals surface area contributed by atoms with Crippen LogP contribution in [-0.2, 0) is 0 Å². The molecular weight excluding hydrogens is 196 g/mol. The molecule has 0 fully saturated rings. The van der Waals surface area contributed by atoms with Gasteiger partial charge in [-0.05, 0) is 31.9 Å². The van der Waals surface area contributed by atoms with Crippen LogP contribution in [0.4, 0.5) is 11.4 Å². The molecule has 0 spiro atoms. The molecule has 0 bridgehead atoms. The van der Waals surface area contributed by atoms with Gasteiger partial charge in [0.25, 0.3) is 0 Å². The molecule has 16 heavy (non-hydrogen) atoms. The van der Waals surface area contributed by atoms with Gasteiger partial charge in [0.15, 0.2) is 0 Å². The molecule has 0 saturated heterocycles. The maximum absolute atomic E-state index is 3.78. The van der Waals surface area contributed by atoms with Gasteiger partial charge in [-0.15, -0.1) is 6.58 Å². The van der Waals surface area contributed by atoms with Crippen LogP contribution in [0.2, 0.25) is 0 Å². The van der Waals surface area contributed by atoms with E-state index in [1.54, 1.807) is 0 Å². The van der Waals surface area contributed by atoms with E-state index in [0.29, 0.717) is 6.04 Å². The van der Waals surface area contributed by atoms with E-state index in [4.69, 9.17) is 0 Å². The van der Waals surface area contributed by atoms with E-state index >= 15 is 0 Å². The Bertz CT molecular complexity index is 360. The molecule has 2 rings (SSSR count). The third-order valence-corrected chi connectivity index (χ3v) is 3.14. The Morgan fingerprint density at radius 2 is 2.31 bits per heavy atom. The average molecular weight is 216 g/mol. The first-order valence-corrected chi connectivity index (χ1v) is 6.03. The highest BCUT2D eigenvalue weighted by Crippen LogP contribution is 2.31. The fourth-order valence-corrected chi connectivity index (χ4v) is 2.23. The van der Waals surface area contributed by atoms with Gasteiger partial charge in [-0.2, -0.15) is 0 Å². The smallest absolute Gasteiger partial charge is 0.0605 e. The zero-order chi connectivity index (χ0) is 11.4. The van der Waals surface area contributed by atoms with Crippen molar-refractivity contribution in [2.45, 2.75) is 25.8 Å². The molecule has 0 radical (unpaired) electrons. The first-order valence-electron chi connectivity index (χ1n) is 6.03. The van der Waals surface area contributed by atoms with Crippen LogP contribution in [0.1, 0.15) is 19.8 Å². The summed E-state index contributed by atoms with van der Waals surface area (Å²) in [4.78, 5) is 2.50. The molecule has 0 aliphatic carbocycles. The van der Waals surface area contributed by atoms with Crippen molar-refractivity contribution in [3.8, 4) is 0 Å². The van der Waals surface area contributed by atoms with E-state index in [0.717, 1.165) is 19.5 Å². The normalized spacial score (nSPS) is 18.8. The van der Waals surface area contributed by atoms with Gasteiger partial charge in [0.1, 0.15) is 0 Å². The topological polar surface area (TPSA) is 15.3 Å². The molecule has 2 nitrogen and oxygen atoms in total. The van der Waals surface area contributed by atoms with Crippen LogP contribution >= 0.6 is 0 Å². The van der Waals surface area contributed by atoms with Crippen molar-refractivity contribution in [2.24, 2.45) is 0 Å². The number of para-hydroxylation sites is 2. The van der Waals surface area contributed by atoms with Crippen LogP contribution in [0.25, 0.3) is 0 Å². The molecule has 2 heteroatoms. The summed E-state index contributed by atoms with van der Waals surface area (Å²) in [5.41, 5.74) is 2.60. The van der Waals surface area contributed by atoms with Crippen molar-refractivity contribution >= 4 is 11.4 Å². The summed E-state index contributed by atoms with van der Waals surface area (Å²) >= 11 is 0. The minimum Gasteiger partial charge on any atom is -0.381 e. The number of allylic oxidation sites excluding steroid dienone is 1. The molecule has 86 valence electrons. The Hall–Kier alpha value is -1.44. The van der Waals surface area contributed by atoms with Gasteiger partial charge in [-0.3, -0.25) is 0 Å². The zero-order valence-electron chi connectivity index (χ0n) is 9.95. The van der Waals surface area contributed by atoms with Gasteiger partial charge in [0, 0.05) is 19.1 Å². The summed E-state index contributed by atoms with van der Waals surface area (Å²) in [6.45, 7) is 8.20. The summed E-state index contributed by atoms with van der Waals surface area (Å²) in [7, 11) is 0. The molecule has 1 unspecified atom stereocenters.